The van der Waals surface area contributed by atoms with E-state index in [1.54, 1.807) is 12.1 Å². The Labute approximate surface area is 245 Å². The van der Waals surface area contributed by atoms with Gasteiger partial charge in [0.05, 0.1) is 11.1 Å². The zero-order chi connectivity index (χ0) is 29.4. The third-order valence-corrected chi connectivity index (χ3v) is 10.1. The Bertz CT molecular complexity index is 1470. The Kier molecular flexibility index (Phi) is 8.15. The number of hydrogen-bond donors (Lipinski definition) is 3. The van der Waals surface area contributed by atoms with E-state index in [0.717, 1.165) is 5.01 Å². The molecule has 1 aromatic carbocycles. The molecule has 3 aliphatic rings. The molecule has 4 amide bonds. The van der Waals surface area contributed by atoms with E-state index < -0.39 is 53.0 Å². The summed E-state index contributed by atoms with van der Waals surface area (Å²) in [6, 6.07) is 3.70. The quantitative estimate of drug-likeness (QED) is 0.188. The van der Waals surface area contributed by atoms with Crippen LogP contribution in [-0.2, 0) is 19.2 Å². The van der Waals surface area contributed by atoms with Crippen molar-refractivity contribution in [2.75, 3.05) is 11.5 Å². The Balaban J connectivity index is 1.16. The standard InChI is InChI=1S/C25H23N5O8S3/c1-11-27-28-25(41-11)40-10-12-9-39-22-17(21(34)30(22)18(12)24(37)38)26-16(31)8-4-7-15(23(35)36)29-19(32)13-5-2-3-6-14(13)20(29)33/h2-3,5-6,15,17,22H,4,7-10H2,1H3,(H,26,31)(H,35,36)(H,37,38)/t15?,17-,22+/m1/s1. The van der Waals surface area contributed by atoms with Crippen molar-refractivity contribution in [3.8, 4) is 0 Å². The van der Waals surface area contributed by atoms with Crippen molar-refractivity contribution in [2.45, 2.75) is 48.0 Å². The lowest BCUT2D eigenvalue weighted by Crippen LogP contribution is -2.70. The van der Waals surface area contributed by atoms with Crippen LogP contribution in [0.3, 0.4) is 0 Å². The molecule has 41 heavy (non-hydrogen) atoms. The summed E-state index contributed by atoms with van der Waals surface area (Å²) in [6.45, 7) is 1.82. The molecule has 214 valence electrons. The van der Waals surface area contributed by atoms with Crippen LogP contribution in [0.25, 0.3) is 0 Å². The van der Waals surface area contributed by atoms with Crippen molar-refractivity contribution in [3.05, 3.63) is 51.7 Å². The molecule has 3 atom stereocenters. The normalized spacial score (nSPS) is 20.5. The largest absolute Gasteiger partial charge is 0.480 e. The Morgan fingerprint density at radius 3 is 2.39 bits per heavy atom. The molecule has 5 rings (SSSR count). The van der Waals surface area contributed by atoms with E-state index in [2.05, 4.69) is 15.5 Å². The fraction of sp³-hybridized carbons (Fsp3) is 0.360. The van der Waals surface area contributed by atoms with Crippen molar-refractivity contribution in [3.63, 3.8) is 0 Å². The van der Waals surface area contributed by atoms with E-state index >= 15 is 0 Å². The predicted octanol–water partition coefficient (Wildman–Crippen LogP) is 1.60. The highest BCUT2D eigenvalue weighted by Gasteiger charge is 2.54. The highest BCUT2D eigenvalue weighted by molar-refractivity contribution is 8.01. The fourth-order valence-corrected chi connectivity index (χ4v) is 8.14. The van der Waals surface area contributed by atoms with Gasteiger partial charge in [0.1, 0.15) is 28.2 Å². The minimum Gasteiger partial charge on any atom is -0.480 e. The minimum atomic E-state index is -1.45. The van der Waals surface area contributed by atoms with Gasteiger partial charge in [0.15, 0.2) is 4.34 Å². The molecule has 0 saturated carbocycles. The van der Waals surface area contributed by atoms with Crippen LogP contribution >= 0.6 is 34.9 Å². The number of rotatable bonds is 11. The molecule has 2 aromatic rings. The third kappa shape index (κ3) is 5.46. The van der Waals surface area contributed by atoms with Gasteiger partial charge in [0, 0.05) is 17.9 Å². The van der Waals surface area contributed by atoms with Gasteiger partial charge < -0.3 is 15.5 Å². The molecule has 0 bridgehead atoms. The van der Waals surface area contributed by atoms with Crippen LogP contribution < -0.4 is 5.32 Å². The molecule has 3 N–H and O–H groups in total. The summed E-state index contributed by atoms with van der Waals surface area (Å²) in [5, 5.41) is 30.3. The number of carboxylic acid groups (broad SMARTS) is 2. The maximum absolute atomic E-state index is 12.9. The molecule has 13 nitrogen and oxygen atoms in total. The molecule has 1 fully saturated rings. The first-order chi connectivity index (χ1) is 19.6. The summed E-state index contributed by atoms with van der Waals surface area (Å²) in [7, 11) is 0. The molecule has 1 unspecified atom stereocenters. The second-order valence-corrected chi connectivity index (χ2v) is 12.9. The van der Waals surface area contributed by atoms with Gasteiger partial charge in [-0.1, -0.05) is 35.2 Å². The first-order valence-electron chi connectivity index (χ1n) is 12.4. The first-order valence-corrected chi connectivity index (χ1v) is 15.3. The van der Waals surface area contributed by atoms with E-state index in [1.165, 1.54) is 51.9 Å². The van der Waals surface area contributed by atoms with Crippen LogP contribution in [0.4, 0.5) is 0 Å². The van der Waals surface area contributed by atoms with Crippen LogP contribution in [0.1, 0.15) is 45.0 Å². The van der Waals surface area contributed by atoms with Gasteiger partial charge in [0.2, 0.25) is 5.91 Å². The van der Waals surface area contributed by atoms with Crippen molar-refractivity contribution in [2.24, 2.45) is 0 Å². The zero-order valence-corrected chi connectivity index (χ0v) is 23.9. The smallest absolute Gasteiger partial charge is 0.352 e. The lowest BCUT2D eigenvalue weighted by molar-refractivity contribution is -0.150. The SMILES string of the molecule is Cc1nnc(SCC2=C(C(=O)O)N3C(=O)[C@@H](NC(=O)CCCC(C(=O)O)N4C(=O)c5ccccc5C4=O)[C@@H]3SC2)s1. The molecule has 0 radical (unpaired) electrons. The number of nitrogens with one attached hydrogen (secondary N) is 1. The summed E-state index contributed by atoms with van der Waals surface area (Å²) >= 11 is 4.08. The molecular weight excluding hydrogens is 595 g/mol. The van der Waals surface area contributed by atoms with Crippen molar-refractivity contribution >= 4 is 70.4 Å². The lowest BCUT2D eigenvalue weighted by Gasteiger charge is -2.49. The van der Waals surface area contributed by atoms with Gasteiger partial charge >= 0.3 is 11.9 Å². The van der Waals surface area contributed by atoms with E-state index in [4.69, 9.17) is 0 Å². The van der Waals surface area contributed by atoms with E-state index in [0.29, 0.717) is 26.3 Å². The fourth-order valence-electron chi connectivity index (χ4n) is 4.84. The number of nitrogens with zero attached hydrogens (tertiary/aromatic N) is 4. The Morgan fingerprint density at radius 2 is 1.80 bits per heavy atom. The van der Waals surface area contributed by atoms with E-state index in [1.807, 2.05) is 6.92 Å². The number of hydrogen-bond acceptors (Lipinski definition) is 11. The van der Waals surface area contributed by atoms with Crippen molar-refractivity contribution in [1.82, 2.24) is 25.3 Å². The summed E-state index contributed by atoms with van der Waals surface area (Å²) in [6.07, 6.45) is -0.275. The number of carbonyl (C=O) groups is 6. The summed E-state index contributed by atoms with van der Waals surface area (Å²) in [5.74, 6) is -4.38. The summed E-state index contributed by atoms with van der Waals surface area (Å²) in [4.78, 5) is 76.8. The van der Waals surface area contributed by atoms with Crippen LogP contribution in [0.2, 0.25) is 0 Å². The molecule has 0 aliphatic carbocycles. The van der Waals surface area contributed by atoms with Gasteiger partial charge in [0.25, 0.3) is 17.7 Å². The number of imide groups is 1. The average molecular weight is 618 g/mol. The topological polar surface area (TPSA) is 187 Å². The molecule has 16 heteroatoms. The monoisotopic (exact) mass is 617 g/mol. The number of thioether (sulfide) groups is 2. The Hall–Kier alpha value is -3.76. The second kappa shape index (κ2) is 11.6. The molecule has 1 aromatic heterocycles. The Morgan fingerprint density at radius 1 is 1.12 bits per heavy atom. The van der Waals surface area contributed by atoms with Crippen LogP contribution in [0, 0.1) is 6.92 Å². The molecule has 1 saturated heterocycles. The number of benzene rings is 1. The van der Waals surface area contributed by atoms with Gasteiger partial charge in [-0.05, 0) is 37.5 Å². The maximum atomic E-state index is 12.9. The summed E-state index contributed by atoms with van der Waals surface area (Å²) in [5.41, 5.74) is 0.739. The van der Waals surface area contributed by atoms with Crippen LogP contribution in [-0.4, -0.2) is 94.7 Å². The number of aliphatic carboxylic acids is 2. The predicted molar refractivity (Wildman–Crippen MR) is 147 cm³/mol. The number of β-lactam (4-membered cyclic amide) rings is 1. The van der Waals surface area contributed by atoms with E-state index in [-0.39, 0.29) is 36.1 Å². The van der Waals surface area contributed by atoms with Crippen LogP contribution in [0.5, 0.6) is 0 Å². The number of carbonyl (C=O) groups excluding carboxylic acids is 4. The number of aryl methyl sites for hydroxylation is 1. The van der Waals surface area contributed by atoms with Crippen molar-refractivity contribution in [1.29, 1.82) is 0 Å². The summed E-state index contributed by atoms with van der Waals surface area (Å²) < 4.78 is 0.695. The van der Waals surface area contributed by atoms with Gasteiger partial charge in [-0.2, -0.15) is 0 Å². The van der Waals surface area contributed by atoms with Gasteiger partial charge in [-0.3, -0.25) is 29.0 Å². The maximum Gasteiger partial charge on any atom is 0.352 e. The average Bonchev–Trinajstić information content (AvgIpc) is 3.47. The zero-order valence-electron chi connectivity index (χ0n) is 21.4. The molecule has 3 aliphatic heterocycles. The number of amides is 4. The van der Waals surface area contributed by atoms with Crippen LogP contribution in [0.15, 0.2) is 39.9 Å². The number of aromatic nitrogens is 2. The lowest BCUT2D eigenvalue weighted by atomic mass is 10.0. The first kappa shape index (κ1) is 28.8. The molecular formula is C25H23N5O8S3. The highest BCUT2D eigenvalue weighted by Crippen LogP contribution is 2.42. The molecule has 0 spiro atoms. The second-order valence-electron chi connectivity index (χ2n) is 9.36. The van der Waals surface area contributed by atoms with Gasteiger partial charge in [-0.15, -0.1) is 22.0 Å². The number of fused-ring (bicyclic) bond motifs is 2. The number of carboxylic acids is 2. The molecule has 4 heterocycles. The third-order valence-electron chi connectivity index (χ3n) is 6.75. The minimum absolute atomic E-state index is 0.0331. The van der Waals surface area contributed by atoms with Crippen molar-refractivity contribution < 1.29 is 39.0 Å². The van der Waals surface area contributed by atoms with Gasteiger partial charge in [-0.25, -0.2) is 9.59 Å². The van der Waals surface area contributed by atoms with E-state index in [9.17, 15) is 39.0 Å². The highest BCUT2D eigenvalue weighted by atomic mass is 32.2.